The molecule has 0 aliphatic carbocycles. The van der Waals surface area contributed by atoms with Crippen LogP contribution < -0.4 is 20.9 Å². The fraction of sp³-hybridized carbons (Fsp3) is 0.417. The van der Waals surface area contributed by atoms with Crippen molar-refractivity contribution in [2.75, 3.05) is 10.0 Å². The summed E-state index contributed by atoms with van der Waals surface area (Å²) >= 11 is 0. The minimum atomic E-state index is -3.84. The number of benzene rings is 1. The highest BCUT2D eigenvalue weighted by Gasteiger charge is 2.13. The third-order valence-corrected chi connectivity index (χ3v) is 3.12. The van der Waals surface area contributed by atoms with Gasteiger partial charge in [0, 0.05) is 5.69 Å². The van der Waals surface area contributed by atoms with Gasteiger partial charge in [-0.05, 0) is 24.6 Å². The van der Waals surface area contributed by atoms with Crippen molar-refractivity contribution >= 4 is 27.5 Å². The lowest BCUT2D eigenvalue weighted by atomic mass is 10.1. The van der Waals surface area contributed by atoms with Crippen LogP contribution in [0.15, 0.2) is 24.3 Å². The Labute approximate surface area is 118 Å². The molecule has 6 N–H and O–H groups in total. The molecule has 1 rings (SSSR count). The highest BCUT2D eigenvalue weighted by atomic mass is 32.2. The summed E-state index contributed by atoms with van der Waals surface area (Å²) in [6.07, 6.45) is 2.45. The van der Waals surface area contributed by atoms with Crippen LogP contribution in [0.5, 0.6) is 0 Å². The van der Waals surface area contributed by atoms with E-state index < -0.39 is 16.3 Å². The number of rotatable bonds is 7. The number of hydrogen-bond acceptors (Lipinski definition) is 4. The summed E-state index contributed by atoms with van der Waals surface area (Å²) in [5.41, 5.74) is 6.47. The lowest BCUT2D eigenvalue weighted by Gasteiger charge is -2.12. The fourth-order valence-electron chi connectivity index (χ4n) is 1.61. The first-order chi connectivity index (χ1) is 9.31. The number of hydrogen-bond donors (Lipinski definition) is 4. The van der Waals surface area contributed by atoms with Crippen LogP contribution in [0.3, 0.4) is 0 Å². The van der Waals surface area contributed by atoms with E-state index in [9.17, 15) is 13.2 Å². The summed E-state index contributed by atoms with van der Waals surface area (Å²) in [7, 11) is -3.84. The highest BCUT2D eigenvalue weighted by Crippen LogP contribution is 2.16. The van der Waals surface area contributed by atoms with Crippen LogP contribution in [-0.4, -0.2) is 20.4 Å². The quantitative estimate of drug-likeness (QED) is 0.592. The van der Waals surface area contributed by atoms with Crippen molar-refractivity contribution in [1.29, 1.82) is 0 Å². The van der Waals surface area contributed by atoms with Crippen molar-refractivity contribution in [2.24, 2.45) is 10.9 Å². The Morgan fingerprint density at radius 3 is 2.60 bits per heavy atom. The zero-order valence-corrected chi connectivity index (χ0v) is 12.1. The molecule has 1 amide bonds. The fourth-order valence-corrected chi connectivity index (χ4v) is 2.07. The van der Waals surface area contributed by atoms with Gasteiger partial charge < -0.3 is 11.1 Å². The zero-order chi connectivity index (χ0) is 15.2. The summed E-state index contributed by atoms with van der Waals surface area (Å²) < 4.78 is 24.0. The van der Waals surface area contributed by atoms with E-state index in [0.29, 0.717) is 12.1 Å². The van der Waals surface area contributed by atoms with Gasteiger partial charge in [0.1, 0.15) is 0 Å². The Morgan fingerprint density at radius 2 is 2.00 bits per heavy atom. The van der Waals surface area contributed by atoms with E-state index in [1.807, 2.05) is 6.92 Å². The standard InChI is InChI=1S/C12H20N4O3S/c1-2-3-7-11(13)12(17)15-9-5-4-6-10(8-9)16-20(14,18)19/h4-6,8,11,16H,2-3,7,13H2,1H3,(H,15,17)(H2,14,18,19)/t11-/m0/s1. The van der Waals surface area contributed by atoms with Crippen molar-refractivity contribution in [3.63, 3.8) is 0 Å². The number of unbranched alkanes of at least 4 members (excludes halogenated alkanes) is 1. The minimum absolute atomic E-state index is 0.271. The molecule has 0 fully saturated rings. The number of carbonyl (C=O) groups is 1. The maximum absolute atomic E-state index is 11.8. The zero-order valence-electron chi connectivity index (χ0n) is 11.3. The number of anilines is 2. The van der Waals surface area contributed by atoms with Crippen molar-refractivity contribution in [3.8, 4) is 0 Å². The van der Waals surface area contributed by atoms with Gasteiger partial charge in [-0.15, -0.1) is 0 Å². The van der Waals surface area contributed by atoms with Gasteiger partial charge in [-0.2, -0.15) is 8.42 Å². The summed E-state index contributed by atoms with van der Waals surface area (Å²) in [5, 5.41) is 7.51. The monoisotopic (exact) mass is 300 g/mol. The van der Waals surface area contributed by atoms with E-state index in [-0.39, 0.29) is 11.6 Å². The van der Waals surface area contributed by atoms with Crippen LogP contribution in [0.25, 0.3) is 0 Å². The Bertz CT molecular complexity index is 560. The van der Waals surface area contributed by atoms with Gasteiger partial charge in [0.25, 0.3) is 10.2 Å². The van der Waals surface area contributed by atoms with Gasteiger partial charge in [-0.25, -0.2) is 5.14 Å². The van der Waals surface area contributed by atoms with Crippen LogP contribution in [0.1, 0.15) is 26.2 Å². The van der Waals surface area contributed by atoms with E-state index in [1.165, 1.54) is 12.1 Å². The van der Waals surface area contributed by atoms with E-state index in [1.54, 1.807) is 12.1 Å². The summed E-state index contributed by atoms with van der Waals surface area (Å²) in [6.45, 7) is 2.02. The molecule has 7 nitrogen and oxygen atoms in total. The molecule has 0 aliphatic rings. The molecule has 0 heterocycles. The van der Waals surface area contributed by atoms with Gasteiger partial charge >= 0.3 is 0 Å². The molecule has 0 aliphatic heterocycles. The number of amides is 1. The topological polar surface area (TPSA) is 127 Å². The number of nitrogens with one attached hydrogen (secondary N) is 2. The van der Waals surface area contributed by atoms with E-state index in [4.69, 9.17) is 10.9 Å². The Hall–Kier alpha value is -1.64. The SMILES string of the molecule is CCCC[C@H](N)C(=O)Nc1cccc(NS(N)(=O)=O)c1. The van der Waals surface area contributed by atoms with Crippen LogP contribution >= 0.6 is 0 Å². The van der Waals surface area contributed by atoms with Crippen molar-refractivity contribution < 1.29 is 13.2 Å². The molecule has 8 heteroatoms. The van der Waals surface area contributed by atoms with E-state index in [2.05, 4.69) is 10.0 Å². The molecular formula is C12H20N4O3S. The molecule has 0 spiro atoms. The summed E-state index contributed by atoms with van der Waals surface area (Å²) in [4.78, 5) is 11.8. The molecule has 0 aromatic heterocycles. The predicted octanol–water partition coefficient (Wildman–Crippen LogP) is 0.758. The molecule has 0 bridgehead atoms. The maximum Gasteiger partial charge on any atom is 0.296 e. The molecule has 0 saturated heterocycles. The minimum Gasteiger partial charge on any atom is -0.325 e. The van der Waals surface area contributed by atoms with Crippen molar-refractivity contribution in [1.82, 2.24) is 0 Å². The average Bonchev–Trinajstić information content (AvgIpc) is 2.34. The van der Waals surface area contributed by atoms with Gasteiger partial charge in [0.05, 0.1) is 11.7 Å². The lowest BCUT2D eigenvalue weighted by Crippen LogP contribution is -2.35. The second kappa shape index (κ2) is 7.22. The molecular weight excluding hydrogens is 280 g/mol. The first-order valence-electron chi connectivity index (χ1n) is 6.29. The van der Waals surface area contributed by atoms with Crippen LogP contribution in [0.2, 0.25) is 0 Å². The highest BCUT2D eigenvalue weighted by molar-refractivity contribution is 7.90. The molecule has 20 heavy (non-hydrogen) atoms. The van der Waals surface area contributed by atoms with Gasteiger partial charge in [-0.1, -0.05) is 25.8 Å². The molecule has 1 aromatic carbocycles. The van der Waals surface area contributed by atoms with Crippen LogP contribution in [0.4, 0.5) is 11.4 Å². The third kappa shape index (κ3) is 6.00. The normalized spacial score (nSPS) is 12.8. The van der Waals surface area contributed by atoms with Crippen molar-refractivity contribution in [3.05, 3.63) is 24.3 Å². The van der Waals surface area contributed by atoms with E-state index in [0.717, 1.165) is 12.8 Å². The van der Waals surface area contributed by atoms with Crippen molar-refractivity contribution in [2.45, 2.75) is 32.2 Å². The second-order valence-corrected chi connectivity index (χ2v) is 5.76. The molecule has 0 radical (unpaired) electrons. The molecule has 0 unspecified atom stereocenters. The molecule has 0 saturated carbocycles. The molecule has 1 atom stereocenters. The largest absolute Gasteiger partial charge is 0.325 e. The molecule has 1 aromatic rings. The van der Waals surface area contributed by atoms with Crippen LogP contribution in [0, 0.1) is 0 Å². The van der Waals surface area contributed by atoms with Gasteiger partial charge in [0.2, 0.25) is 5.91 Å². The summed E-state index contributed by atoms with van der Waals surface area (Å²) in [5.74, 6) is -0.300. The Morgan fingerprint density at radius 1 is 1.35 bits per heavy atom. The van der Waals surface area contributed by atoms with Gasteiger partial charge in [-0.3, -0.25) is 9.52 Å². The first-order valence-corrected chi connectivity index (χ1v) is 7.83. The first kappa shape index (κ1) is 16.4. The van der Waals surface area contributed by atoms with Gasteiger partial charge in [0.15, 0.2) is 0 Å². The number of carbonyl (C=O) groups excluding carboxylic acids is 1. The third-order valence-electron chi connectivity index (χ3n) is 2.60. The number of nitrogens with two attached hydrogens (primary N) is 2. The summed E-state index contributed by atoms with van der Waals surface area (Å²) in [6, 6.07) is 5.65. The lowest BCUT2D eigenvalue weighted by molar-refractivity contribution is -0.117. The Kier molecular flexibility index (Phi) is 5.93. The predicted molar refractivity (Wildman–Crippen MR) is 79.3 cm³/mol. The second-order valence-electron chi connectivity index (χ2n) is 4.47. The van der Waals surface area contributed by atoms with E-state index >= 15 is 0 Å². The maximum atomic E-state index is 11.8. The van der Waals surface area contributed by atoms with Crippen LogP contribution in [-0.2, 0) is 15.0 Å². The smallest absolute Gasteiger partial charge is 0.296 e. The Balaban J connectivity index is 2.68. The average molecular weight is 300 g/mol. The molecule has 112 valence electrons.